The summed E-state index contributed by atoms with van der Waals surface area (Å²) in [7, 11) is 0. The smallest absolute Gasteiger partial charge is 0.271 e. The Balaban J connectivity index is 1.39. The van der Waals surface area contributed by atoms with E-state index in [4.69, 9.17) is 4.74 Å². The fraction of sp³-hybridized carbons (Fsp3) is 0.524. The molecule has 29 heavy (non-hydrogen) atoms. The highest BCUT2D eigenvalue weighted by Crippen LogP contribution is 2.25. The molecular formula is C21H27FN4O3. The Morgan fingerprint density at radius 1 is 1.17 bits per heavy atom. The Bertz CT molecular complexity index is 835. The third kappa shape index (κ3) is 4.83. The Kier molecular flexibility index (Phi) is 5.94. The van der Waals surface area contributed by atoms with Gasteiger partial charge >= 0.3 is 0 Å². The van der Waals surface area contributed by atoms with Gasteiger partial charge in [-0.3, -0.25) is 14.8 Å². The summed E-state index contributed by atoms with van der Waals surface area (Å²) >= 11 is 0. The molecule has 1 aromatic carbocycles. The van der Waals surface area contributed by atoms with Crippen LogP contribution in [0.1, 0.15) is 29.8 Å². The molecule has 8 heteroatoms. The maximum absolute atomic E-state index is 13.1. The molecule has 2 aromatic rings. The number of morpholine rings is 1. The number of amides is 1. The maximum Gasteiger partial charge on any atom is 0.271 e. The van der Waals surface area contributed by atoms with Crippen LogP contribution in [0.2, 0.25) is 0 Å². The van der Waals surface area contributed by atoms with Crippen LogP contribution < -0.4 is 0 Å². The lowest BCUT2D eigenvalue weighted by atomic mass is 9.94. The number of aromatic amines is 1. The number of hydrogen-bond donors (Lipinski definition) is 2. The first-order valence-electron chi connectivity index (χ1n) is 10.2. The van der Waals surface area contributed by atoms with Crippen molar-refractivity contribution >= 4 is 5.91 Å². The highest BCUT2D eigenvalue weighted by molar-refractivity contribution is 5.93. The van der Waals surface area contributed by atoms with Crippen molar-refractivity contribution in [1.29, 1.82) is 0 Å². The van der Waals surface area contributed by atoms with E-state index < -0.39 is 5.60 Å². The van der Waals surface area contributed by atoms with Crippen molar-refractivity contribution in [3.05, 3.63) is 41.8 Å². The number of likely N-dealkylation sites (tertiary alicyclic amines) is 1. The van der Waals surface area contributed by atoms with Crippen molar-refractivity contribution < 1.29 is 19.0 Å². The normalized spacial score (nSPS) is 23.7. The van der Waals surface area contributed by atoms with E-state index in [0.717, 1.165) is 25.1 Å². The molecule has 1 aromatic heterocycles. The topological polar surface area (TPSA) is 81.7 Å². The predicted molar refractivity (Wildman–Crippen MR) is 106 cm³/mol. The average Bonchev–Trinajstić information content (AvgIpc) is 3.13. The van der Waals surface area contributed by atoms with Gasteiger partial charge in [0.1, 0.15) is 11.5 Å². The van der Waals surface area contributed by atoms with Gasteiger partial charge in [0.2, 0.25) is 0 Å². The summed E-state index contributed by atoms with van der Waals surface area (Å²) in [5.41, 5.74) is 0.979. The molecule has 0 aliphatic carbocycles. The van der Waals surface area contributed by atoms with Crippen LogP contribution in [0.4, 0.5) is 4.39 Å². The third-order valence-corrected chi connectivity index (χ3v) is 5.77. The highest BCUT2D eigenvalue weighted by Gasteiger charge is 2.34. The fourth-order valence-electron chi connectivity index (χ4n) is 4.09. The molecule has 1 unspecified atom stereocenters. The van der Waals surface area contributed by atoms with Gasteiger partial charge in [-0.05, 0) is 49.6 Å². The molecule has 0 bridgehead atoms. The van der Waals surface area contributed by atoms with E-state index in [1.165, 1.54) is 12.1 Å². The Hall–Kier alpha value is -2.29. The number of benzene rings is 1. The number of aliphatic hydroxyl groups is 1. The van der Waals surface area contributed by atoms with Gasteiger partial charge in [-0.1, -0.05) is 0 Å². The third-order valence-electron chi connectivity index (χ3n) is 5.77. The van der Waals surface area contributed by atoms with Gasteiger partial charge < -0.3 is 14.7 Å². The first-order valence-corrected chi connectivity index (χ1v) is 10.2. The van der Waals surface area contributed by atoms with Crippen LogP contribution in [-0.2, 0) is 4.74 Å². The molecule has 2 fully saturated rings. The van der Waals surface area contributed by atoms with Crippen LogP contribution >= 0.6 is 0 Å². The summed E-state index contributed by atoms with van der Waals surface area (Å²) in [6.45, 7) is 4.82. The van der Waals surface area contributed by atoms with Crippen molar-refractivity contribution in [2.75, 3.05) is 45.9 Å². The maximum atomic E-state index is 13.1. The van der Waals surface area contributed by atoms with Gasteiger partial charge in [0, 0.05) is 38.3 Å². The minimum Gasteiger partial charge on any atom is -0.388 e. The molecule has 4 rings (SSSR count). The number of hydrogen-bond acceptors (Lipinski definition) is 5. The van der Waals surface area contributed by atoms with Crippen molar-refractivity contribution in [3.8, 4) is 11.3 Å². The van der Waals surface area contributed by atoms with Gasteiger partial charge in [0.25, 0.3) is 5.91 Å². The van der Waals surface area contributed by atoms with Crippen molar-refractivity contribution in [2.24, 2.45) is 0 Å². The lowest BCUT2D eigenvalue weighted by Gasteiger charge is -2.35. The zero-order valence-electron chi connectivity index (χ0n) is 16.4. The lowest BCUT2D eigenvalue weighted by Crippen LogP contribution is -2.48. The molecule has 0 saturated carbocycles. The lowest BCUT2D eigenvalue weighted by molar-refractivity contribution is -0.0389. The summed E-state index contributed by atoms with van der Waals surface area (Å²) < 4.78 is 18.5. The van der Waals surface area contributed by atoms with Crippen molar-refractivity contribution in [2.45, 2.75) is 24.9 Å². The largest absolute Gasteiger partial charge is 0.388 e. The molecule has 1 atom stereocenters. The number of ether oxygens (including phenoxy) is 1. The van der Waals surface area contributed by atoms with E-state index in [0.29, 0.717) is 57.1 Å². The Labute approximate surface area is 169 Å². The number of carbonyl (C=O) groups excluding carboxylic acids is 1. The summed E-state index contributed by atoms with van der Waals surface area (Å²) in [5, 5.41) is 18.1. The fourth-order valence-corrected chi connectivity index (χ4v) is 4.09. The van der Waals surface area contributed by atoms with E-state index >= 15 is 0 Å². The second-order valence-electron chi connectivity index (χ2n) is 7.93. The van der Waals surface area contributed by atoms with E-state index in [1.807, 2.05) is 0 Å². The summed E-state index contributed by atoms with van der Waals surface area (Å²) in [6.07, 6.45) is 1.98. The van der Waals surface area contributed by atoms with Crippen LogP contribution in [0.25, 0.3) is 11.3 Å². The van der Waals surface area contributed by atoms with Gasteiger partial charge in [-0.15, -0.1) is 0 Å². The summed E-state index contributed by atoms with van der Waals surface area (Å²) in [4.78, 5) is 17.0. The van der Waals surface area contributed by atoms with Gasteiger partial charge in [-0.25, -0.2) is 4.39 Å². The van der Waals surface area contributed by atoms with Crippen molar-refractivity contribution in [1.82, 2.24) is 20.0 Å². The molecule has 3 heterocycles. The standard InChI is InChI=1S/C21H27FN4O3/c22-17-4-2-16(3-5-17)18-14-19(24-23-18)20(27)26-8-1-6-21(28,7-9-26)15-25-10-12-29-13-11-25/h2-5,14,28H,1,6-13,15H2,(H,23,24). The number of aromatic nitrogens is 2. The number of halogens is 1. The second-order valence-corrected chi connectivity index (χ2v) is 7.93. The zero-order chi connectivity index (χ0) is 20.3. The number of rotatable bonds is 4. The molecule has 1 amide bonds. The Morgan fingerprint density at radius 3 is 2.69 bits per heavy atom. The van der Waals surface area contributed by atoms with Crippen molar-refractivity contribution in [3.63, 3.8) is 0 Å². The number of nitrogens with zero attached hydrogens (tertiary/aromatic N) is 3. The molecule has 2 saturated heterocycles. The molecule has 7 nitrogen and oxygen atoms in total. The molecule has 2 aliphatic rings. The number of H-pyrrole nitrogens is 1. The minimum absolute atomic E-state index is 0.124. The van der Waals surface area contributed by atoms with Crippen LogP contribution in [0.3, 0.4) is 0 Å². The van der Waals surface area contributed by atoms with Crippen LogP contribution in [0.15, 0.2) is 30.3 Å². The number of carbonyl (C=O) groups is 1. The van der Waals surface area contributed by atoms with E-state index in [-0.39, 0.29) is 11.7 Å². The molecule has 156 valence electrons. The molecule has 2 aliphatic heterocycles. The van der Waals surface area contributed by atoms with Crippen LogP contribution in [0, 0.1) is 5.82 Å². The molecule has 0 radical (unpaired) electrons. The summed E-state index contributed by atoms with van der Waals surface area (Å²) in [5.74, 6) is -0.434. The van der Waals surface area contributed by atoms with Gasteiger partial charge in [-0.2, -0.15) is 5.10 Å². The SMILES string of the molecule is O=C(c1cc(-c2ccc(F)cc2)n[nH]1)N1CCCC(O)(CN2CCOCC2)CC1. The minimum atomic E-state index is -0.778. The zero-order valence-corrected chi connectivity index (χ0v) is 16.4. The summed E-state index contributed by atoms with van der Waals surface area (Å²) in [6, 6.07) is 7.71. The number of β-amino-alcohol motifs (C(OH)–C–C–N with tert-alkyl or cyclic N) is 1. The van der Waals surface area contributed by atoms with Gasteiger partial charge in [0.15, 0.2) is 0 Å². The average molecular weight is 402 g/mol. The van der Waals surface area contributed by atoms with E-state index in [9.17, 15) is 14.3 Å². The van der Waals surface area contributed by atoms with Crippen LogP contribution in [0.5, 0.6) is 0 Å². The van der Waals surface area contributed by atoms with E-state index in [1.54, 1.807) is 23.1 Å². The van der Waals surface area contributed by atoms with E-state index in [2.05, 4.69) is 15.1 Å². The monoisotopic (exact) mass is 402 g/mol. The molecular weight excluding hydrogens is 375 g/mol. The Morgan fingerprint density at radius 2 is 1.93 bits per heavy atom. The molecule has 2 N–H and O–H groups in total. The molecule has 0 spiro atoms. The van der Waals surface area contributed by atoms with Crippen LogP contribution in [-0.4, -0.2) is 82.5 Å². The first-order chi connectivity index (χ1) is 14.0. The van der Waals surface area contributed by atoms with Gasteiger partial charge in [0.05, 0.1) is 24.5 Å². The predicted octanol–water partition coefficient (Wildman–Crippen LogP) is 1.91. The quantitative estimate of drug-likeness (QED) is 0.817. The number of nitrogens with one attached hydrogen (secondary N) is 1. The first kappa shape index (κ1) is 20.0. The second kappa shape index (κ2) is 8.61. The highest BCUT2D eigenvalue weighted by atomic mass is 19.1.